The van der Waals surface area contributed by atoms with Gasteiger partial charge in [-0.05, 0) is 20.8 Å². The molecular weight excluding hydrogens is 288 g/mol. The molecule has 1 rings (SSSR count). The van der Waals surface area contributed by atoms with Crippen LogP contribution in [0.2, 0.25) is 0 Å². The number of ether oxygens (including phenoxy) is 1. The second-order valence-electron chi connectivity index (χ2n) is 5.38. The van der Waals surface area contributed by atoms with Crippen molar-refractivity contribution in [3.63, 3.8) is 0 Å². The highest BCUT2D eigenvalue weighted by molar-refractivity contribution is 5.68. The normalized spacial score (nSPS) is 10.3. The molecule has 0 unspecified atom stereocenters. The molecule has 0 heterocycles. The standard InChI is InChI=1S/C13H18N2O5.C2H6/c1-13(2,3)20-12(17)14(4)8-9-6-5-7-10(11(9)16)15(18)19;1-2/h5-7,16H,8H2,1-4H3;1-2H3. The zero-order valence-electron chi connectivity index (χ0n) is 13.9. The van der Waals surface area contributed by atoms with E-state index in [1.165, 1.54) is 30.1 Å². The number of benzene rings is 1. The molecule has 0 aliphatic carbocycles. The molecule has 1 aromatic carbocycles. The van der Waals surface area contributed by atoms with E-state index in [0.29, 0.717) is 0 Å². The lowest BCUT2D eigenvalue weighted by Crippen LogP contribution is -2.33. The van der Waals surface area contributed by atoms with Crippen LogP contribution in [0.15, 0.2) is 18.2 Å². The van der Waals surface area contributed by atoms with Crippen LogP contribution in [0.1, 0.15) is 40.2 Å². The minimum absolute atomic E-state index is 0.0163. The number of hydrogen-bond donors (Lipinski definition) is 1. The number of carbonyl (C=O) groups excluding carboxylic acids is 1. The zero-order valence-corrected chi connectivity index (χ0v) is 13.9. The fraction of sp³-hybridized carbons (Fsp3) is 0.533. The maximum absolute atomic E-state index is 11.8. The zero-order chi connectivity index (χ0) is 17.5. The van der Waals surface area contributed by atoms with Gasteiger partial charge in [-0.15, -0.1) is 0 Å². The van der Waals surface area contributed by atoms with Gasteiger partial charge < -0.3 is 14.7 Å². The Kier molecular flexibility index (Phi) is 7.35. The van der Waals surface area contributed by atoms with Gasteiger partial charge >= 0.3 is 11.8 Å². The van der Waals surface area contributed by atoms with Crippen LogP contribution in [0.5, 0.6) is 5.75 Å². The fourth-order valence-corrected chi connectivity index (χ4v) is 1.51. The van der Waals surface area contributed by atoms with Crippen LogP contribution in [0, 0.1) is 10.1 Å². The Hall–Kier alpha value is -2.31. The summed E-state index contributed by atoms with van der Waals surface area (Å²) in [6, 6.07) is 4.17. The molecule has 124 valence electrons. The van der Waals surface area contributed by atoms with Gasteiger partial charge in [0, 0.05) is 18.7 Å². The molecule has 1 N–H and O–H groups in total. The molecule has 0 bridgehead atoms. The van der Waals surface area contributed by atoms with Crippen LogP contribution in [0.4, 0.5) is 10.5 Å². The van der Waals surface area contributed by atoms with Gasteiger partial charge in [-0.25, -0.2) is 4.79 Å². The SMILES string of the molecule is CC.CN(Cc1cccc([N+](=O)[O-])c1O)C(=O)OC(C)(C)C. The van der Waals surface area contributed by atoms with Gasteiger partial charge in [0.2, 0.25) is 0 Å². The van der Waals surface area contributed by atoms with Crippen molar-refractivity contribution in [2.75, 3.05) is 7.05 Å². The summed E-state index contributed by atoms with van der Waals surface area (Å²) in [5, 5.41) is 20.5. The van der Waals surface area contributed by atoms with Crippen molar-refractivity contribution in [3.8, 4) is 5.75 Å². The van der Waals surface area contributed by atoms with Crippen molar-refractivity contribution >= 4 is 11.8 Å². The smallest absolute Gasteiger partial charge is 0.410 e. The van der Waals surface area contributed by atoms with E-state index in [-0.39, 0.29) is 17.8 Å². The lowest BCUT2D eigenvalue weighted by Gasteiger charge is -2.24. The van der Waals surface area contributed by atoms with Gasteiger partial charge in [-0.3, -0.25) is 10.1 Å². The van der Waals surface area contributed by atoms with E-state index in [2.05, 4.69) is 0 Å². The first-order chi connectivity index (χ1) is 10.1. The van der Waals surface area contributed by atoms with E-state index in [0.717, 1.165) is 0 Å². The molecule has 0 aromatic heterocycles. The van der Waals surface area contributed by atoms with E-state index in [9.17, 15) is 20.0 Å². The number of carbonyl (C=O) groups is 1. The second-order valence-corrected chi connectivity index (χ2v) is 5.38. The van der Waals surface area contributed by atoms with Gasteiger partial charge in [0.05, 0.1) is 11.5 Å². The predicted octanol–water partition coefficient (Wildman–Crippen LogP) is 3.69. The number of phenolic OH excluding ortho intramolecular Hbond substituents is 1. The highest BCUT2D eigenvalue weighted by Crippen LogP contribution is 2.30. The summed E-state index contributed by atoms with van der Waals surface area (Å²) in [5.41, 5.74) is -0.733. The second kappa shape index (κ2) is 8.21. The summed E-state index contributed by atoms with van der Waals surface area (Å²) in [6.07, 6.45) is -0.566. The molecule has 0 radical (unpaired) electrons. The van der Waals surface area contributed by atoms with Crippen molar-refractivity contribution in [2.24, 2.45) is 0 Å². The number of rotatable bonds is 3. The average molecular weight is 312 g/mol. The van der Waals surface area contributed by atoms with Crippen LogP contribution in [0.3, 0.4) is 0 Å². The highest BCUT2D eigenvalue weighted by Gasteiger charge is 2.22. The Morgan fingerprint density at radius 3 is 2.36 bits per heavy atom. The van der Waals surface area contributed by atoms with E-state index >= 15 is 0 Å². The lowest BCUT2D eigenvalue weighted by molar-refractivity contribution is -0.385. The minimum atomic E-state index is -0.674. The summed E-state index contributed by atoms with van der Waals surface area (Å²) in [5.74, 6) is -0.437. The van der Waals surface area contributed by atoms with Gasteiger partial charge in [0.1, 0.15) is 5.60 Å². The minimum Gasteiger partial charge on any atom is -0.502 e. The number of nitro groups is 1. The lowest BCUT2D eigenvalue weighted by atomic mass is 10.1. The monoisotopic (exact) mass is 312 g/mol. The van der Waals surface area contributed by atoms with Crippen molar-refractivity contribution in [3.05, 3.63) is 33.9 Å². The number of amides is 1. The maximum Gasteiger partial charge on any atom is 0.410 e. The molecule has 0 saturated carbocycles. The summed E-state index contributed by atoms with van der Waals surface area (Å²) >= 11 is 0. The topological polar surface area (TPSA) is 92.9 Å². The molecule has 0 fully saturated rings. The number of aromatic hydroxyl groups is 1. The highest BCUT2D eigenvalue weighted by atomic mass is 16.6. The molecule has 7 heteroatoms. The number of nitrogens with zero attached hydrogens (tertiary/aromatic N) is 2. The van der Waals surface area contributed by atoms with Crippen LogP contribution >= 0.6 is 0 Å². The summed E-state index contributed by atoms with van der Waals surface area (Å²) in [6.45, 7) is 9.24. The molecule has 0 spiro atoms. The number of phenols is 1. The first kappa shape index (κ1) is 19.7. The van der Waals surface area contributed by atoms with Crippen molar-refractivity contribution in [2.45, 2.75) is 46.8 Å². The molecule has 0 saturated heterocycles. The Bertz CT molecular complexity index is 523. The van der Waals surface area contributed by atoms with E-state index in [1.54, 1.807) is 20.8 Å². The maximum atomic E-state index is 11.8. The molecule has 1 amide bonds. The Morgan fingerprint density at radius 1 is 1.36 bits per heavy atom. The first-order valence-electron chi connectivity index (χ1n) is 7.01. The van der Waals surface area contributed by atoms with E-state index < -0.39 is 22.4 Å². The first-order valence-corrected chi connectivity index (χ1v) is 7.01. The van der Waals surface area contributed by atoms with Crippen LogP contribution < -0.4 is 0 Å². The molecule has 22 heavy (non-hydrogen) atoms. The van der Waals surface area contributed by atoms with Crippen molar-refractivity contribution < 1.29 is 19.6 Å². The van der Waals surface area contributed by atoms with Gasteiger partial charge in [0.15, 0.2) is 5.75 Å². The molecule has 0 atom stereocenters. The average Bonchev–Trinajstić information content (AvgIpc) is 2.41. The number of para-hydroxylation sites is 1. The molecule has 1 aromatic rings. The van der Waals surface area contributed by atoms with E-state index in [1.807, 2.05) is 13.8 Å². The van der Waals surface area contributed by atoms with Crippen LogP contribution in [-0.4, -0.2) is 33.7 Å². The molecular formula is C15H24N2O5. The Balaban J connectivity index is 0.00000211. The fourth-order valence-electron chi connectivity index (χ4n) is 1.51. The van der Waals surface area contributed by atoms with Crippen LogP contribution in [0.25, 0.3) is 0 Å². The molecule has 7 nitrogen and oxygen atoms in total. The summed E-state index contributed by atoms with van der Waals surface area (Å²) in [4.78, 5) is 23.1. The third kappa shape index (κ3) is 5.99. The third-order valence-corrected chi connectivity index (χ3v) is 2.41. The van der Waals surface area contributed by atoms with Gasteiger partial charge in [-0.2, -0.15) is 0 Å². The molecule has 0 aliphatic heterocycles. The van der Waals surface area contributed by atoms with E-state index in [4.69, 9.17) is 4.74 Å². The summed E-state index contributed by atoms with van der Waals surface area (Å²) < 4.78 is 5.16. The molecule has 0 aliphatic rings. The number of hydrogen-bond acceptors (Lipinski definition) is 5. The largest absolute Gasteiger partial charge is 0.502 e. The predicted molar refractivity (Wildman–Crippen MR) is 83.8 cm³/mol. The quantitative estimate of drug-likeness (QED) is 0.678. The Morgan fingerprint density at radius 2 is 1.91 bits per heavy atom. The van der Waals surface area contributed by atoms with Crippen molar-refractivity contribution in [1.82, 2.24) is 4.90 Å². The third-order valence-electron chi connectivity index (χ3n) is 2.41. The van der Waals surface area contributed by atoms with Crippen LogP contribution in [-0.2, 0) is 11.3 Å². The van der Waals surface area contributed by atoms with Gasteiger partial charge in [-0.1, -0.05) is 26.0 Å². The Labute approximate surface area is 130 Å². The number of nitro benzene ring substituents is 1. The van der Waals surface area contributed by atoms with Gasteiger partial charge in [0.25, 0.3) is 0 Å². The summed E-state index contributed by atoms with van der Waals surface area (Å²) in [7, 11) is 1.49. The van der Waals surface area contributed by atoms with Crippen molar-refractivity contribution in [1.29, 1.82) is 0 Å².